The fraction of sp³-hybridized carbons (Fsp3) is 0.240. The van der Waals surface area contributed by atoms with Gasteiger partial charge in [0.1, 0.15) is 12.4 Å². The molecule has 1 N–H and O–H groups in total. The first-order valence-electron chi connectivity index (χ1n) is 10.9. The van der Waals surface area contributed by atoms with E-state index in [0.29, 0.717) is 23.7 Å². The standard InChI is InChI=1S/C25H26ClFN2O5S2/c1-33-23-13-12-22(16-24(23)34-2)36(31,32)29(20-8-6-19(27)7-9-20)17-25(30)28-14-3-15-35-21-10-4-18(26)5-11-21/h4-13,16H,3,14-15,17H2,1-2H3,(H,28,30). The maximum absolute atomic E-state index is 13.5. The maximum atomic E-state index is 13.5. The molecule has 0 radical (unpaired) electrons. The number of benzene rings is 3. The molecule has 0 unspecified atom stereocenters. The van der Waals surface area contributed by atoms with Crippen molar-refractivity contribution in [1.82, 2.24) is 5.32 Å². The molecule has 0 heterocycles. The Kier molecular flexibility index (Phi) is 9.86. The summed E-state index contributed by atoms with van der Waals surface area (Å²) in [5, 5.41) is 3.42. The number of nitrogens with one attached hydrogen (secondary N) is 1. The quantitative estimate of drug-likeness (QED) is 0.252. The minimum Gasteiger partial charge on any atom is -0.493 e. The molecule has 192 valence electrons. The van der Waals surface area contributed by atoms with Gasteiger partial charge in [-0.3, -0.25) is 9.10 Å². The van der Waals surface area contributed by atoms with Crippen LogP contribution >= 0.6 is 23.4 Å². The number of halogens is 2. The molecule has 0 aliphatic heterocycles. The Morgan fingerprint density at radius 1 is 1.00 bits per heavy atom. The second-order valence-corrected chi connectivity index (χ2v) is 11.0. The Morgan fingerprint density at radius 2 is 1.67 bits per heavy atom. The third-order valence-corrected chi connectivity index (χ3v) is 8.19. The van der Waals surface area contributed by atoms with Crippen LogP contribution in [-0.2, 0) is 14.8 Å². The second kappa shape index (κ2) is 12.8. The Morgan fingerprint density at radius 3 is 2.31 bits per heavy atom. The van der Waals surface area contributed by atoms with Gasteiger partial charge in [0.05, 0.1) is 24.8 Å². The minimum absolute atomic E-state index is 0.100. The van der Waals surface area contributed by atoms with Crippen LogP contribution in [0.1, 0.15) is 6.42 Å². The van der Waals surface area contributed by atoms with Gasteiger partial charge in [0.2, 0.25) is 5.91 Å². The molecule has 0 spiro atoms. The van der Waals surface area contributed by atoms with Gasteiger partial charge in [0.25, 0.3) is 10.0 Å². The van der Waals surface area contributed by atoms with Crippen molar-refractivity contribution in [3.8, 4) is 11.5 Å². The van der Waals surface area contributed by atoms with E-state index in [9.17, 15) is 17.6 Å². The molecular weight excluding hydrogens is 527 g/mol. The van der Waals surface area contributed by atoms with Crippen molar-refractivity contribution >= 4 is 45.0 Å². The fourth-order valence-corrected chi connectivity index (χ4v) is 5.65. The lowest BCUT2D eigenvalue weighted by Crippen LogP contribution is -2.41. The predicted octanol–water partition coefficient (Wildman–Crippen LogP) is 4.99. The summed E-state index contributed by atoms with van der Waals surface area (Å²) < 4.78 is 51.9. The third-order valence-electron chi connectivity index (χ3n) is 5.07. The number of rotatable bonds is 12. The molecule has 11 heteroatoms. The number of anilines is 1. The first-order valence-corrected chi connectivity index (χ1v) is 13.7. The molecular formula is C25H26ClFN2O5S2. The number of carbonyl (C=O) groups is 1. The highest BCUT2D eigenvalue weighted by Crippen LogP contribution is 2.32. The zero-order valence-electron chi connectivity index (χ0n) is 19.7. The van der Waals surface area contributed by atoms with E-state index in [0.717, 1.165) is 27.1 Å². The van der Waals surface area contributed by atoms with Crippen molar-refractivity contribution < 1.29 is 27.1 Å². The molecule has 3 aromatic carbocycles. The van der Waals surface area contributed by atoms with Crippen LogP contribution < -0.4 is 19.1 Å². The van der Waals surface area contributed by atoms with Crippen molar-refractivity contribution in [3.05, 3.63) is 77.6 Å². The molecule has 3 aromatic rings. The Labute approximate surface area is 219 Å². The number of sulfonamides is 1. The van der Waals surface area contributed by atoms with Crippen molar-refractivity contribution in [3.63, 3.8) is 0 Å². The highest BCUT2D eigenvalue weighted by Gasteiger charge is 2.28. The largest absolute Gasteiger partial charge is 0.493 e. The molecule has 1 amide bonds. The molecule has 0 atom stereocenters. The van der Waals surface area contributed by atoms with Crippen molar-refractivity contribution in [2.45, 2.75) is 16.2 Å². The summed E-state index contributed by atoms with van der Waals surface area (Å²) in [6, 6.07) is 16.5. The van der Waals surface area contributed by atoms with Crippen LogP contribution in [0.5, 0.6) is 11.5 Å². The average molecular weight is 553 g/mol. The third kappa shape index (κ3) is 7.28. The summed E-state index contributed by atoms with van der Waals surface area (Å²) in [6.07, 6.45) is 0.679. The van der Waals surface area contributed by atoms with E-state index >= 15 is 0 Å². The van der Waals surface area contributed by atoms with E-state index in [4.69, 9.17) is 21.1 Å². The molecule has 0 saturated heterocycles. The molecule has 0 fully saturated rings. The minimum atomic E-state index is -4.19. The van der Waals surface area contributed by atoms with Gasteiger partial charge in [-0.05, 0) is 72.8 Å². The fourth-order valence-electron chi connectivity index (χ4n) is 3.23. The molecule has 0 saturated carbocycles. The average Bonchev–Trinajstić information content (AvgIpc) is 2.88. The maximum Gasteiger partial charge on any atom is 0.264 e. The van der Waals surface area contributed by atoms with Gasteiger partial charge in [0, 0.05) is 22.5 Å². The number of amides is 1. The van der Waals surface area contributed by atoms with Crippen LogP contribution in [0.4, 0.5) is 10.1 Å². The van der Waals surface area contributed by atoms with Gasteiger partial charge >= 0.3 is 0 Å². The van der Waals surface area contributed by atoms with E-state index in [1.54, 1.807) is 11.8 Å². The predicted molar refractivity (Wildman–Crippen MR) is 140 cm³/mol. The summed E-state index contributed by atoms with van der Waals surface area (Å²) in [4.78, 5) is 13.7. The van der Waals surface area contributed by atoms with Gasteiger partial charge in [-0.15, -0.1) is 11.8 Å². The number of carbonyl (C=O) groups excluding carboxylic acids is 1. The van der Waals surface area contributed by atoms with Gasteiger partial charge < -0.3 is 14.8 Å². The summed E-state index contributed by atoms with van der Waals surface area (Å²) in [6.45, 7) is -0.111. The molecule has 3 rings (SSSR count). The van der Waals surface area contributed by atoms with Crippen LogP contribution in [0.3, 0.4) is 0 Å². The molecule has 0 aliphatic carbocycles. The second-order valence-electron chi connectivity index (χ2n) is 7.51. The Bertz CT molecular complexity index is 1270. The zero-order chi connectivity index (χ0) is 26.1. The number of ether oxygens (including phenoxy) is 2. The molecule has 0 aliphatic rings. The summed E-state index contributed by atoms with van der Waals surface area (Å²) in [5.41, 5.74) is 0.152. The first-order chi connectivity index (χ1) is 17.2. The van der Waals surface area contributed by atoms with Gasteiger partial charge in [0.15, 0.2) is 11.5 Å². The lowest BCUT2D eigenvalue weighted by atomic mass is 10.3. The number of thioether (sulfide) groups is 1. The van der Waals surface area contributed by atoms with Crippen LogP contribution in [0.2, 0.25) is 5.02 Å². The normalized spacial score (nSPS) is 11.1. The number of nitrogens with zero attached hydrogens (tertiary/aromatic N) is 1. The van der Waals surface area contributed by atoms with Crippen LogP contribution in [-0.4, -0.2) is 47.4 Å². The Balaban J connectivity index is 1.70. The van der Waals surface area contributed by atoms with Gasteiger partial charge in [-0.25, -0.2) is 12.8 Å². The lowest BCUT2D eigenvalue weighted by molar-refractivity contribution is -0.119. The highest BCUT2D eigenvalue weighted by atomic mass is 35.5. The number of hydrogen-bond donors (Lipinski definition) is 1. The van der Waals surface area contributed by atoms with Crippen LogP contribution in [0, 0.1) is 5.82 Å². The monoisotopic (exact) mass is 552 g/mol. The van der Waals surface area contributed by atoms with Crippen LogP contribution in [0.15, 0.2) is 76.5 Å². The van der Waals surface area contributed by atoms with E-state index in [1.807, 2.05) is 24.3 Å². The summed E-state index contributed by atoms with van der Waals surface area (Å²) in [5.74, 6) is 0.331. The molecule has 7 nitrogen and oxygen atoms in total. The van der Waals surface area contributed by atoms with E-state index < -0.39 is 28.3 Å². The van der Waals surface area contributed by atoms with Crippen LogP contribution in [0.25, 0.3) is 0 Å². The van der Waals surface area contributed by atoms with Gasteiger partial charge in [-0.1, -0.05) is 11.6 Å². The zero-order valence-corrected chi connectivity index (χ0v) is 22.1. The van der Waals surface area contributed by atoms with Crippen molar-refractivity contribution in [1.29, 1.82) is 0 Å². The van der Waals surface area contributed by atoms with E-state index in [1.165, 1.54) is 44.6 Å². The molecule has 0 bridgehead atoms. The van der Waals surface area contributed by atoms with Gasteiger partial charge in [-0.2, -0.15) is 0 Å². The van der Waals surface area contributed by atoms with Crippen molar-refractivity contribution in [2.75, 3.05) is 37.4 Å². The van der Waals surface area contributed by atoms with E-state index in [-0.39, 0.29) is 16.3 Å². The smallest absolute Gasteiger partial charge is 0.264 e. The summed E-state index contributed by atoms with van der Waals surface area (Å²) >= 11 is 7.52. The lowest BCUT2D eigenvalue weighted by Gasteiger charge is -2.24. The molecule has 36 heavy (non-hydrogen) atoms. The summed E-state index contributed by atoms with van der Waals surface area (Å²) in [7, 11) is -1.36. The topological polar surface area (TPSA) is 84.9 Å². The highest BCUT2D eigenvalue weighted by molar-refractivity contribution is 7.99. The SMILES string of the molecule is COc1ccc(S(=O)(=O)N(CC(=O)NCCCSc2ccc(Cl)cc2)c2ccc(F)cc2)cc1OC. The van der Waals surface area contributed by atoms with Crippen molar-refractivity contribution in [2.24, 2.45) is 0 Å². The first kappa shape index (κ1) is 27.6. The number of methoxy groups -OCH3 is 2. The Hall–Kier alpha value is -2.95. The van der Waals surface area contributed by atoms with E-state index in [2.05, 4.69) is 5.32 Å². The number of hydrogen-bond acceptors (Lipinski definition) is 6. The molecule has 0 aromatic heterocycles.